The maximum Gasteiger partial charge on any atom is 0.0812 e. The van der Waals surface area contributed by atoms with Crippen molar-refractivity contribution in [2.24, 2.45) is 5.92 Å². The third kappa shape index (κ3) is 6.02. The standard InChI is InChI=1S/C10H23NO2/c1-8(2)10(6,12)7-11-13-9(3,4)5/h8,11-12H,7H2,1-6H3. The summed E-state index contributed by atoms with van der Waals surface area (Å²) < 4.78 is 0. The summed E-state index contributed by atoms with van der Waals surface area (Å²) in [6.45, 7) is 12.1. The number of nitrogens with one attached hydrogen (secondary N) is 1. The highest BCUT2D eigenvalue weighted by Crippen LogP contribution is 2.15. The van der Waals surface area contributed by atoms with Gasteiger partial charge in [-0.1, -0.05) is 13.8 Å². The highest BCUT2D eigenvalue weighted by molar-refractivity contribution is 4.77. The third-order valence-corrected chi connectivity index (χ3v) is 2.05. The molecule has 0 rings (SSSR count). The Bertz CT molecular complexity index is 147. The molecule has 0 heterocycles. The van der Waals surface area contributed by atoms with Crippen LogP contribution in [0, 0.1) is 5.92 Å². The van der Waals surface area contributed by atoms with Crippen molar-refractivity contribution in [1.29, 1.82) is 0 Å². The molecule has 3 heteroatoms. The van der Waals surface area contributed by atoms with Crippen LogP contribution in [-0.4, -0.2) is 22.9 Å². The van der Waals surface area contributed by atoms with Crippen molar-refractivity contribution >= 4 is 0 Å². The van der Waals surface area contributed by atoms with E-state index < -0.39 is 5.60 Å². The number of hydroxylamine groups is 1. The lowest BCUT2D eigenvalue weighted by atomic mass is 9.93. The van der Waals surface area contributed by atoms with Crippen LogP contribution in [0.5, 0.6) is 0 Å². The van der Waals surface area contributed by atoms with Gasteiger partial charge in [-0.05, 0) is 33.6 Å². The minimum Gasteiger partial charge on any atom is -0.388 e. The van der Waals surface area contributed by atoms with Gasteiger partial charge in [0, 0.05) is 6.54 Å². The van der Waals surface area contributed by atoms with Crippen molar-refractivity contribution in [3.63, 3.8) is 0 Å². The number of aliphatic hydroxyl groups is 1. The summed E-state index contributed by atoms with van der Waals surface area (Å²) in [5.74, 6) is 0.212. The monoisotopic (exact) mass is 189 g/mol. The molecule has 0 aliphatic heterocycles. The van der Waals surface area contributed by atoms with E-state index in [1.54, 1.807) is 6.92 Å². The summed E-state index contributed by atoms with van der Waals surface area (Å²) in [5, 5.41) is 9.85. The van der Waals surface area contributed by atoms with Crippen LogP contribution in [0.3, 0.4) is 0 Å². The topological polar surface area (TPSA) is 41.5 Å². The summed E-state index contributed by atoms with van der Waals surface area (Å²) in [4.78, 5) is 5.31. The number of hydrogen-bond acceptors (Lipinski definition) is 3. The second-order valence-electron chi connectivity index (χ2n) is 5.05. The van der Waals surface area contributed by atoms with E-state index in [1.165, 1.54) is 0 Å². The van der Waals surface area contributed by atoms with Gasteiger partial charge in [0.25, 0.3) is 0 Å². The first kappa shape index (κ1) is 12.9. The highest BCUT2D eigenvalue weighted by atomic mass is 16.7. The van der Waals surface area contributed by atoms with Gasteiger partial charge in [-0.15, -0.1) is 0 Å². The largest absolute Gasteiger partial charge is 0.388 e. The molecule has 0 aromatic heterocycles. The minimum atomic E-state index is -0.717. The van der Waals surface area contributed by atoms with Crippen LogP contribution in [0.1, 0.15) is 41.5 Å². The van der Waals surface area contributed by atoms with E-state index in [0.29, 0.717) is 6.54 Å². The van der Waals surface area contributed by atoms with Crippen molar-refractivity contribution in [3.05, 3.63) is 0 Å². The number of hydrogen-bond donors (Lipinski definition) is 2. The molecule has 0 fully saturated rings. The molecule has 0 aromatic rings. The fourth-order valence-corrected chi connectivity index (χ4v) is 0.603. The first-order valence-electron chi connectivity index (χ1n) is 4.78. The normalized spacial score (nSPS) is 17.5. The molecular weight excluding hydrogens is 166 g/mol. The molecule has 0 spiro atoms. The molecule has 1 atom stereocenters. The molecular formula is C10H23NO2. The van der Waals surface area contributed by atoms with Gasteiger partial charge in [-0.2, -0.15) is 5.48 Å². The Hall–Kier alpha value is -0.120. The molecule has 0 aliphatic carbocycles. The Morgan fingerprint density at radius 3 is 2.00 bits per heavy atom. The Morgan fingerprint density at radius 1 is 1.23 bits per heavy atom. The van der Waals surface area contributed by atoms with E-state index in [4.69, 9.17) is 4.84 Å². The van der Waals surface area contributed by atoms with Crippen LogP contribution < -0.4 is 5.48 Å². The van der Waals surface area contributed by atoms with Gasteiger partial charge >= 0.3 is 0 Å². The van der Waals surface area contributed by atoms with Crippen molar-refractivity contribution < 1.29 is 9.94 Å². The van der Waals surface area contributed by atoms with Crippen molar-refractivity contribution in [2.75, 3.05) is 6.54 Å². The van der Waals surface area contributed by atoms with Gasteiger partial charge in [-0.3, -0.25) is 4.84 Å². The van der Waals surface area contributed by atoms with Gasteiger partial charge < -0.3 is 5.11 Å². The van der Waals surface area contributed by atoms with Crippen LogP contribution in [0.4, 0.5) is 0 Å². The highest BCUT2D eigenvalue weighted by Gasteiger charge is 2.25. The van der Waals surface area contributed by atoms with Gasteiger partial charge in [-0.25, -0.2) is 0 Å². The molecule has 0 amide bonds. The zero-order chi connectivity index (χ0) is 10.7. The Kier molecular flexibility index (Phi) is 4.36. The molecule has 0 saturated carbocycles. The van der Waals surface area contributed by atoms with Gasteiger partial charge in [0.05, 0.1) is 11.2 Å². The quantitative estimate of drug-likeness (QED) is 0.662. The minimum absolute atomic E-state index is 0.212. The molecule has 80 valence electrons. The van der Waals surface area contributed by atoms with E-state index in [0.717, 1.165) is 0 Å². The Morgan fingerprint density at radius 2 is 1.69 bits per heavy atom. The molecule has 0 saturated heterocycles. The summed E-state index contributed by atoms with van der Waals surface area (Å²) in [7, 11) is 0. The lowest BCUT2D eigenvalue weighted by Gasteiger charge is -2.29. The molecule has 2 N–H and O–H groups in total. The molecule has 1 unspecified atom stereocenters. The molecule has 0 radical (unpaired) electrons. The van der Waals surface area contributed by atoms with E-state index in [-0.39, 0.29) is 11.5 Å². The van der Waals surface area contributed by atoms with E-state index in [2.05, 4.69) is 5.48 Å². The fourth-order valence-electron chi connectivity index (χ4n) is 0.603. The van der Waals surface area contributed by atoms with Crippen LogP contribution in [0.15, 0.2) is 0 Å². The first-order chi connectivity index (χ1) is 5.65. The van der Waals surface area contributed by atoms with Crippen LogP contribution in [0.25, 0.3) is 0 Å². The zero-order valence-electron chi connectivity index (χ0n) is 9.64. The van der Waals surface area contributed by atoms with Crippen LogP contribution in [0.2, 0.25) is 0 Å². The fraction of sp³-hybridized carbons (Fsp3) is 1.00. The van der Waals surface area contributed by atoms with Gasteiger partial charge in [0.1, 0.15) is 0 Å². The molecule has 3 nitrogen and oxygen atoms in total. The molecule has 0 bridgehead atoms. The lowest BCUT2D eigenvalue weighted by Crippen LogP contribution is -2.44. The number of rotatable bonds is 4. The summed E-state index contributed by atoms with van der Waals surface area (Å²) >= 11 is 0. The average molecular weight is 189 g/mol. The van der Waals surface area contributed by atoms with E-state index >= 15 is 0 Å². The van der Waals surface area contributed by atoms with Gasteiger partial charge in [0.2, 0.25) is 0 Å². The Balaban J connectivity index is 3.77. The van der Waals surface area contributed by atoms with E-state index in [1.807, 2.05) is 34.6 Å². The maximum atomic E-state index is 9.85. The van der Waals surface area contributed by atoms with E-state index in [9.17, 15) is 5.11 Å². The first-order valence-corrected chi connectivity index (χ1v) is 4.78. The van der Waals surface area contributed by atoms with Crippen LogP contribution in [-0.2, 0) is 4.84 Å². The third-order valence-electron chi connectivity index (χ3n) is 2.05. The average Bonchev–Trinajstić information content (AvgIpc) is 1.82. The summed E-state index contributed by atoms with van der Waals surface area (Å²) in [6.07, 6.45) is 0. The Labute approximate surface area is 81.4 Å². The van der Waals surface area contributed by atoms with Crippen LogP contribution >= 0.6 is 0 Å². The smallest absolute Gasteiger partial charge is 0.0812 e. The molecule has 0 aliphatic rings. The maximum absolute atomic E-state index is 9.85. The SMILES string of the molecule is CC(C)C(C)(O)CNOC(C)(C)C. The molecule has 0 aromatic carbocycles. The predicted molar refractivity (Wildman–Crippen MR) is 54.3 cm³/mol. The lowest BCUT2D eigenvalue weighted by molar-refractivity contribution is -0.105. The second kappa shape index (κ2) is 4.40. The second-order valence-corrected chi connectivity index (χ2v) is 5.05. The molecule has 13 heavy (non-hydrogen) atoms. The zero-order valence-corrected chi connectivity index (χ0v) is 9.64. The summed E-state index contributed by atoms with van der Waals surface area (Å²) in [5.41, 5.74) is 1.86. The predicted octanol–water partition coefficient (Wildman–Crippen LogP) is 1.71. The van der Waals surface area contributed by atoms with Crippen molar-refractivity contribution in [1.82, 2.24) is 5.48 Å². The van der Waals surface area contributed by atoms with Crippen molar-refractivity contribution in [3.8, 4) is 0 Å². The summed E-state index contributed by atoms with van der Waals surface area (Å²) in [6, 6.07) is 0. The van der Waals surface area contributed by atoms with Gasteiger partial charge in [0.15, 0.2) is 0 Å². The van der Waals surface area contributed by atoms with Crippen molar-refractivity contribution in [2.45, 2.75) is 52.7 Å².